The Morgan fingerprint density at radius 2 is 2.06 bits per heavy atom. The van der Waals surface area contributed by atoms with Crippen molar-refractivity contribution in [2.45, 2.75) is 6.92 Å². The second-order valence-corrected chi connectivity index (χ2v) is 3.88. The Kier molecular flexibility index (Phi) is 3.23. The molecule has 2 rings (SSSR count). The minimum absolute atomic E-state index is 0.117. The van der Waals surface area contributed by atoms with Crippen molar-refractivity contribution in [2.75, 3.05) is 5.32 Å². The van der Waals surface area contributed by atoms with Gasteiger partial charge in [0.25, 0.3) is 5.91 Å². The third kappa shape index (κ3) is 2.63. The number of aromatic amines is 1. The first-order valence-corrected chi connectivity index (χ1v) is 5.32. The van der Waals surface area contributed by atoms with Gasteiger partial charge in [0.1, 0.15) is 5.82 Å². The molecule has 92 valence electrons. The summed E-state index contributed by atoms with van der Waals surface area (Å²) in [6.07, 6.45) is 1.28. The summed E-state index contributed by atoms with van der Waals surface area (Å²) in [4.78, 5) is 25.0. The molecule has 4 nitrogen and oxygen atoms in total. The summed E-state index contributed by atoms with van der Waals surface area (Å²) < 4.78 is 13.4. The number of benzene rings is 1. The van der Waals surface area contributed by atoms with Crippen molar-refractivity contribution in [1.29, 1.82) is 0 Å². The van der Waals surface area contributed by atoms with Crippen LogP contribution in [0.25, 0.3) is 0 Å². The summed E-state index contributed by atoms with van der Waals surface area (Å²) in [7, 11) is 0. The van der Waals surface area contributed by atoms with Crippen LogP contribution in [0.1, 0.15) is 15.9 Å². The highest BCUT2D eigenvalue weighted by Crippen LogP contribution is 2.16. The average molecular weight is 246 g/mol. The van der Waals surface area contributed by atoms with Crippen molar-refractivity contribution in [1.82, 2.24) is 4.98 Å². The van der Waals surface area contributed by atoms with Gasteiger partial charge in [0.2, 0.25) is 5.56 Å². The van der Waals surface area contributed by atoms with Crippen LogP contribution in [0.3, 0.4) is 0 Å². The van der Waals surface area contributed by atoms with Gasteiger partial charge in [-0.2, -0.15) is 0 Å². The standard InChI is InChI=1S/C13H11FN2O2/c1-8-2-4-10(14)11(6-8)16-13(18)9-3-5-12(17)15-7-9/h2-7H,1H3,(H,15,17)(H,16,18). The number of halogens is 1. The number of carbonyl (C=O) groups excluding carboxylic acids is 1. The zero-order valence-electron chi connectivity index (χ0n) is 9.66. The van der Waals surface area contributed by atoms with E-state index < -0.39 is 11.7 Å². The first-order chi connectivity index (χ1) is 8.56. The van der Waals surface area contributed by atoms with Crippen molar-refractivity contribution >= 4 is 11.6 Å². The molecular weight excluding hydrogens is 235 g/mol. The Morgan fingerprint density at radius 3 is 2.72 bits per heavy atom. The lowest BCUT2D eigenvalue weighted by atomic mass is 10.2. The third-order valence-corrected chi connectivity index (χ3v) is 2.42. The van der Waals surface area contributed by atoms with Crippen LogP contribution < -0.4 is 10.9 Å². The van der Waals surface area contributed by atoms with E-state index in [2.05, 4.69) is 10.3 Å². The largest absolute Gasteiger partial charge is 0.328 e. The molecule has 2 aromatic rings. The number of hydrogen-bond donors (Lipinski definition) is 2. The summed E-state index contributed by atoms with van der Waals surface area (Å²) in [5, 5.41) is 2.45. The quantitative estimate of drug-likeness (QED) is 0.852. The fourth-order valence-corrected chi connectivity index (χ4v) is 1.48. The number of anilines is 1. The maximum atomic E-state index is 13.4. The molecule has 0 aliphatic rings. The second-order valence-electron chi connectivity index (χ2n) is 3.88. The van der Waals surface area contributed by atoms with Crippen LogP contribution in [-0.4, -0.2) is 10.9 Å². The fraction of sp³-hybridized carbons (Fsp3) is 0.0769. The van der Waals surface area contributed by atoms with E-state index in [1.807, 2.05) is 0 Å². The lowest BCUT2D eigenvalue weighted by Gasteiger charge is -2.07. The van der Waals surface area contributed by atoms with E-state index in [4.69, 9.17) is 0 Å². The molecule has 0 atom stereocenters. The number of amides is 1. The summed E-state index contributed by atoms with van der Waals surface area (Å²) in [5.74, 6) is -0.978. The van der Waals surface area contributed by atoms with Crippen molar-refractivity contribution in [3.63, 3.8) is 0 Å². The molecule has 1 amide bonds. The number of nitrogens with one attached hydrogen (secondary N) is 2. The minimum Gasteiger partial charge on any atom is -0.328 e. The van der Waals surface area contributed by atoms with E-state index in [-0.39, 0.29) is 16.8 Å². The lowest BCUT2D eigenvalue weighted by Crippen LogP contribution is -2.15. The summed E-state index contributed by atoms with van der Waals surface area (Å²) >= 11 is 0. The van der Waals surface area contributed by atoms with Gasteiger partial charge in [-0.05, 0) is 30.7 Å². The van der Waals surface area contributed by atoms with Crippen LogP contribution in [0.15, 0.2) is 41.3 Å². The molecule has 0 aliphatic carbocycles. The van der Waals surface area contributed by atoms with E-state index in [1.165, 1.54) is 24.4 Å². The molecule has 1 heterocycles. The number of pyridine rings is 1. The maximum absolute atomic E-state index is 13.4. The fourth-order valence-electron chi connectivity index (χ4n) is 1.48. The van der Waals surface area contributed by atoms with Gasteiger partial charge in [-0.25, -0.2) is 4.39 Å². The van der Waals surface area contributed by atoms with E-state index >= 15 is 0 Å². The molecule has 1 aromatic carbocycles. The van der Waals surface area contributed by atoms with Gasteiger partial charge in [-0.3, -0.25) is 9.59 Å². The Labute approximate surface area is 102 Å². The van der Waals surface area contributed by atoms with Gasteiger partial charge in [0.15, 0.2) is 0 Å². The van der Waals surface area contributed by atoms with Gasteiger partial charge < -0.3 is 10.3 Å². The van der Waals surface area contributed by atoms with Crippen LogP contribution in [-0.2, 0) is 0 Å². The number of H-pyrrole nitrogens is 1. The molecule has 0 saturated carbocycles. The summed E-state index contributed by atoms with van der Waals surface area (Å²) in [6.45, 7) is 1.80. The second kappa shape index (κ2) is 4.83. The molecule has 5 heteroatoms. The predicted octanol–water partition coefficient (Wildman–Crippen LogP) is 2.07. The van der Waals surface area contributed by atoms with E-state index in [9.17, 15) is 14.0 Å². The van der Waals surface area contributed by atoms with Gasteiger partial charge in [0.05, 0.1) is 11.3 Å². The minimum atomic E-state index is -0.502. The third-order valence-electron chi connectivity index (χ3n) is 2.42. The lowest BCUT2D eigenvalue weighted by molar-refractivity contribution is 0.102. The zero-order chi connectivity index (χ0) is 13.1. The Morgan fingerprint density at radius 1 is 1.28 bits per heavy atom. The van der Waals surface area contributed by atoms with Gasteiger partial charge >= 0.3 is 0 Å². The van der Waals surface area contributed by atoms with Crippen LogP contribution in [0.5, 0.6) is 0 Å². The molecule has 0 fully saturated rings. The molecule has 2 N–H and O–H groups in total. The average Bonchev–Trinajstić information content (AvgIpc) is 2.34. The number of carbonyl (C=O) groups is 1. The highest BCUT2D eigenvalue weighted by Gasteiger charge is 2.09. The molecular formula is C13H11FN2O2. The highest BCUT2D eigenvalue weighted by molar-refractivity contribution is 6.04. The zero-order valence-corrected chi connectivity index (χ0v) is 9.66. The van der Waals surface area contributed by atoms with Gasteiger partial charge in [-0.1, -0.05) is 6.07 Å². The van der Waals surface area contributed by atoms with Crippen LogP contribution in [0.4, 0.5) is 10.1 Å². The summed E-state index contributed by atoms with van der Waals surface area (Å²) in [6, 6.07) is 7.06. The van der Waals surface area contributed by atoms with Crippen LogP contribution in [0.2, 0.25) is 0 Å². The smallest absolute Gasteiger partial charge is 0.257 e. The van der Waals surface area contributed by atoms with E-state index in [0.29, 0.717) is 0 Å². The van der Waals surface area contributed by atoms with Crippen molar-refractivity contribution in [3.05, 3.63) is 63.8 Å². The van der Waals surface area contributed by atoms with Gasteiger partial charge in [-0.15, -0.1) is 0 Å². The first-order valence-electron chi connectivity index (χ1n) is 5.32. The maximum Gasteiger partial charge on any atom is 0.257 e. The Bertz CT molecular complexity index is 629. The van der Waals surface area contributed by atoms with Crippen LogP contribution in [0, 0.1) is 12.7 Å². The first kappa shape index (κ1) is 12.0. The Balaban J connectivity index is 2.23. The monoisotopic (exact) mass is 246 g/mol. The predicted molar refractivity (Wildman–Crippen MR) is 66.2 cm³/mol. The van der Waals surface area contributed by atoms with Crippen molar-refractivity contribution in [2.24, 2.45) is 0 Å². The van der Waals surface area contributed by atoms with Crippen molar-refractivity contribution < 1.29 is 9.18 Å². The van der Waals surface area contributed by atoms with Crippen molar-refractivity contribution in [3.8, 4) is 0 Å². The normalized spacial score (nSPS) is 10.1. The molecule has 0 aliphatic heterocycles. The van der Waals surface area contributed by atoms with Crippen LogP contribution >= 0.6 is 0 Å². The highest BCUT2D eigenvalue weighted by atomic mass is 19.1. The SMILES string of the molecule is Cc1ccc(F)c(NC(=O)c2ccc(=O)[nH]c2)c1. The number of aromatic nitrogens is 1. The molecule has 0 bridgehead atoms. The number of rotatable bonds is 2. The molecule has 0 spiro atoms. The molecule has 0 unspecified atom stereocenters. The number of aryl methyl sites for hydroxylation is 1. The summed E-state index contributed by atoms with van der Waals surface area (Å²) in [5.41, 5.74) is 0.920. The van der Waals surface area contributed by atoms with Gasteiger partial charge in [0, 0.05) is 12.3 Å². The van der Waals surface area contributed by atoms with E-state index in [0.717, 1.165) is 5.56 Å². The number of hydrogen-bond acceptors (Lipinski definition) is 2. The molecule has 0 saturated heterocycles. The molecule has 0 radical (unpaired) electrons. The van der Waals surface area contributed by atoms with E-state index in [1.54, 1.807) is 19.1 Å². The Hall–Kier alpha value is -2.43. The molecule has 18 heavy (non-hydrogen) atoms. The molecule has 1 aromatic heterocycles. The topological polar surface area (TPSA) is 62.0 Å².